The third-order valence-corrected chi connectivity index (χ3v) is 14.3. The molecule has 0 heterocycles. The highest BCUT2D eigenvalue weighted by molar-refractivity contribution is 5.69. The molecule has 63 heavy (non-hydrogen) atoms. The summed E-state index contributed by atoms with van der Waals surface area (Å²) in [4.78, 5) is 12.1. The number of carbonyl (C=O) groups excluding carboxylic acids is 1. The van der Waals surface area contributed by atoms with Gasteiger partial charge in [0.2, 0.25) is 0 Å². The molecule has 0 spiro atoms. The minimum Gasteiger partial charge on any atom is -0.466 e. The van der Waals surface area contributed by atoms with E-state index in [1.54, 1.807) is 0 Å². The fourth-order valence-electron chi connectivity index (χ4n) is 9.83. The van der Waals surface area contributed by atoms with Crippen LogP contribution in [0.1, 0.15) is 366 Å². The normalized spacial score (nSPS) is 11.6. The van der Waals surface area contributed by atoms with Gasteiger partial charge in [0.05, 0.1) is 6.61 Å². The average molecular weight is 890 g/mol. The van der Waals surface area contributed by atoms with E-state index in [4.69, 9.17) is 9.84 Å². The zero-order valence-corrected chi connectivity index (χ0v) is 43.8. The number of ether oxygens (including phenoxy) is 1. The highest BCUT2D eigenvalue weighted by atomic mass is 16.5. The summed E-state index contributed by atoms with van der Waals surface area (Å²) in [6.45, 7) is 3.31. The maximum atomic E-state index is 12.1. The maximum Gasteiger partial charge on any atom is 0.305 e. The van der Waals surface area contributed by atoms with Crippen molar-refractivity contribution in [3.05, 3.63) is 0 Å². The van der Waals surface area contributed by atoms with Gasteiger partial charge in [-0.3, -0.25) is 4.79 Å². The molecule has 0 amide bonds. The molecule has 0 aliphatic rings. The highest BCUT2D eigenvalue weighted by Gasteiger charge is 2.03. The van der Waals surface area contributed by atoms with Gasteiger partial charge >= 0.3 is 5.97 Å². The smallest absolute Gasteiger partial charge is 0.305 e. The second-order valence-electron chi connectivity index (χ2n) is 20.8. The summed E-state index contributed by atoms with van der Waals surface area (Å²) in [6, 6.07) is 0. The molecule has 0 radical (unpaired) electrons. The van der Waals surface area contributed by atoms with Crippen LogP contribution in [0, 0.1) is 0 Å². The Labute approximate surface area is 398 Å². The van der Waals surface area contributed by atoms with Gasteiger partial charge in [-0.15, -0.1) is 0 Å². The maximum absolute atomic E-state index is 12.1. The Balaban J connectivity index is 3.14. The lowest BCUT2D eigenvalue weighted by molar-refractivity contribution is -0.143. The van der Waals surface area contributed by atoms with Crippen LogP contribution in [0.3, 0.4) is 0 Å². The van der Waals surface area contributed by atoms with Crippen molar-refractivity contribution in [1.29, 1.82) is 0 Å². The molecule has 0 aromatic carbocycles. The standard InChI is InChI=1S/C60H120O3/c1-2-3-4-5-6-7-8-9-10-11-12-13-14-15-16-20-23-26-29-32-35-38-41-44-47-50-53-56-59-63-60(62)57-54-51-48-45-42-39-36-33-30-27-24-21-18-17-19-22-25-28-31-34-37-40-43-46-49-52-55-58-61/h61H,2-59H2,1H3. The third-order valence-electron chi connectivity index (χ3n) is 14.3. The van der Waals surface area contributed by atoms with Crippen molar-refractivity contribution < 1.29 is 14.6 Å². The van der Waals surface area contributed by atoms with Crippen molar-refractivity contribution in [3.8, 4) is 0 Å². The Kier molecular flexibility index (Phi) is 58.9. The van der Waals surface area contributed by atoms with Gasteiger partial charge in [-0.2, -0.15) is 0 Å². The number of hydrogen-bond acceptors (Lipinski definition) is 3. The predicted molar refractivity (Wildman–Crippen MR) is 282 cm³/mol. The second kappa shape index (κ2) is 59.4. The van der Waals surface area contributed by atoms with Crippen LogP contribution in [0.15, 0.2) is 0 Å². The summed E-state index contributed by atoms with van der Waals surface area (Å²) >= 11 is 0. The summed E-state index contributed by atoms with van der Waals surface area (Å²) in [7, 11) is 0. The van der Waals surface area contributed by atoms with E-state index in [0.717, 1.165) is 19.3 Å². The fourth-order valence-corrected chi connectivity index (χ4v) is 9.83. The number of aliphatic hydroxyl groups excluding tert-OH is 1. The molecule has 0 bridgehead atoms. The van der Waals surface area contributed by atoms with Gasteiger partial charge in [-0.1, -0.05) is 341 Å². The van der Waals surface area contributed by atoms with Crippen molar-refractivity contribution in [1.82, 2.24) is 0 Å². The van der Waals surface area contributed by atoms with Crippen molar-refractivity contribution >= 4 is 5.97 Å². The summed E-state index contributed by atoms with van der Waals surface area (Å²) in [5.74, 6) is 0.0327. The second-order valence-corrected chi connectivity index (χ2v) is 20.8. The zero-order chi connectivity index (χ0) is 45.3. The van der Waals surface area contributed by atoms with Gasteiger partial charge in [-0.25, -0.2) is 0 Å². The molecule has 0 rings (SSSR count). The SMILES string of the molecule is CCCCCCCCCCCCCCCCCCCCCCCCCCCCCCOC(=O)CCCCCCCCCCCCCCCCCCCCCCCCCCCCCO. The van der Waals surface area contributed by atoms with E-state index < -0.39 is 0 Å². The van der Waals surface area contributed by atoms with Gasteiger partial charge in [-0.05, 0) is 19.3 Å². The van der Waals surface area contributed by atoms with Crippen LogP contribution in [0.4, 0.5) is 0 Å². The van der Waals surface area contributed by atoms with Gasteiger partial charge in [0.1, 0.15) is 0 Å². The van der Waals surface area contributed by atoms with Crippen molar-refractivity contribution in [2.75, 3.05) is 13.2 Å². The Morgan fingerprint density at radius 1 is 0.254 bits per heavy atom. The molecular formula is C60H120O3. The number of carbonyl (C=O) groups is 1. The first kappa shape index (κ1) is 62.4. The molecular weight excluding hydrogens is 769 g/mol. The molecule has 0 aromatic rings. The molecule has 378 valence electrons. The first-order valence-electron chi connectivity index (χ1n) is 30.1. The summed E-state index contributed by atoms with van der Waals surface area (Å²) < 4.78 is 5.52. The van der Waals surface area contributed by atoms with Crippen LogP contribution in [0.5, 0.6) is 0 Å². The topological polar surface area (TPSA) is 46.5 Å². The van der Waals surface area contributed by atoms with E-state index in [1.165, 1.54) is 334 Å². The molecule has 0 saturated carbocycles. The predicted octanol–water partition coefficient (Wildman–Crippen LogP) is 21.4. The van der Waals surface area contributed by atoms with Gasteiger partial charge in [0, 0.05) is 13.0 Å². The quantitative estimate of drug-likeness (QED) is 0.0489. The monoisotopic (exact) mass is 889 g/mol. The van der Waals surface area contributed by atoms with Crippen molar-refractivity contribution in [3.63, 3.8) is 0 Å². The molecule has 0 fully saturated rings. The Hall–Kier alpha value is -0.570. The van der Waals surface area contributed by atoms with E-state index >= 15 is 0 Å². The van der Waals surface area contributed by atoms with E-state index in [1.807, 2.05) is 0 Å². The van der Waals surface area contributed by atoms with Crippen LogP contribution < -0.4 is 0 Å². The molecule has 1 N–H and O–H groups in total. The van der Waals surface area contributed by atoms with Gasteiger partial charge in [0.15, 0.2) is 0 Å². The first-order chi connectivity index (χ1) is 31.3. The summed E-state index contributed by atoms with van der Waals surface area (Å²) in [5, 5.41) is 8.83. The van der Waals surface area contributed by atoms with E-state index in [2.05, 4.69) is 6.92 Å². The van der Waals surface area contributed by atoms with Crippen LogP contribution >= 0.6 is 0 Å². The van der Waals surface area contributed by atoms with Crippen LogP contribution in [0.25, 0.3) is 0 Å². The van der Waals surface area contributed by atoms with Crippen LogP contribution in [-0.4, -0.2) is 24.3 Å². The molecule has 0 aliphatic heterocycles. The van der Waals surface area contributed by atoms with Crippen LogP contribution in [0.2, 0.25) is 0 Å². The summed E-state index contributed by atoms with van der Waals surface area (Å²) in [6.07, 6.45) is 77.4. The third kappa shape index (κ3) is 59.4. The van der Waals surface area contributed by atoms with E-state index in [-0.39, 0.29) is 5.97 Å². The van der Waals surface area contributed by atoms with Crippen molar-refractivity contribution in [2.45, 2.75) is 366 Å². The zero-order valence-electron chi connectivity index (χ0n) is 43.8. The number of aliphatic hydroxyl groups is 1. The van der Waals surface area contributed by atoms with Crippen LogP contribution in [-0.2, 0) is 9.53 Å². The highest BCUT2D eigenvalue weighted by Crippen LogP contribution is 2.19. The average Bonchev–Trinajstić information content (AvgIpc) is 3.29. The van der Waals surface area contributed by atoms with E-state index in [9.17, 15) is 4.79 Å². The Bertz CT molecular complexity index is 796. The van der Waals surface area contributed by atoms with Gasteiger partial charge in [0.25, 0.3) is 0 Å². The largest absolute Gasteiger partial charge is 0.466 e. The number of hydrogen-bond donors (Lipinski definition) is 1. The molecule has 0 aliphatic carbocycles. The van der Waals surface area contributed by atoms with Gasteiger partial charge < -0.3 is 9.84 Å². The molecule has 3 heteroatoms. The van der Waals surface area contributed by atoms with E-state index in [0.29, 0.717) is 19.6 Å². The molecule has 0 saturated heterocycles. The number of esters is 1. The first-order valence-corrected chi connectivity index (χ1v) is 30.1. The molecule has 3 nitrogen and oxygen atoms in total. The Morgan fingerprint density at radius 2 is 0.429 bits per heavy atom. The lowest BCUT2D eigenvalue weighted by Gasteiger charge is -2.06. The molecule has 0 atom stereocenters. The molecule has 0 aromatic heterocycles. The lowest BCUT2D eigenvalue weighted by atomic mass is 10.0. The minimum absolute atomic E-state index is 0.0327. The fraction of sp³-hybridized carbons (Fsp3) is 0.983. The van der Waals surface area contributed by atoms with Crippen molar-refractivity contribution in [2.24, 2.45) is 0 Å². The Morgan fingerprint density at radius 3 is 0.635 bits per heavy atom. The lowest BCUT2D eigenvalue weighted by Crippen LogP contribution is -2.05. The minimum atomic E-state index is 0.0327. The summed E-state index contributed by atoms with van der Waals surface area (Å²) in [5.41, 5.74) is 0. The molecule has 0 unspecified atom stereocenters. The number of unbranched alkanes of at least 4 members (excludes halogenated alkanes) is 53. The number of rotatable bonds is 58.